The molecule has 1 saturated heterocycles. The monoisotopic (exact) mass is 241 g/mol. The Balaban J connectivity index is 2.32. The number of aliphatic carboxylic acids is 1. The van der Waals surface area contributed by atoms with Gasteiger partial charge < -0.3 is 10.0 Å². The van der Waals surface area contributed by atoms with Gasteiger partial charge in [-0.05, 0) is 31.1 Å². The van der Waals surface area contributed by atoms with Crippen molar-refractivity contribution in [1.29, 1.82) is 0 Å². The first-order chi connectivity index (χ1) is 7.91. The lowest BCUT2D eigenvalue weighted by Gasteiger charge is -2.31. The molecule has 1 fully saturated rings. The number of nitrogens with zero attached hydrogens (tertiary/aromatic N) is 1. The van der Waals surface area contributed by atoms with E-state index in [2.05, 4.69) is 13.8 Å². The van der Waals surface area contributed by atoms with E-state index in [1.807, 2.05) is 4.90 Å². The largest absolute Gasteiger partial charge is 0.481 e. The standard InChI is InChI=1S/C13H23NO3/c1-13(2,7-6-12(16)17)8-10-14-9-4-3-5-11(14)15/h3-10H2,1-2H3,(H,16,17). The molecule has 0 aromatic heterocycles. The molecule has 1 aliphatic rings. The van der Waals surface area contributed by atoms with Crippen LogP contribution in [0, 0.1) is 5.41 Å². The number of carbonyl (C=O) groups is 2. The molecular weight excluding hydrogens is 218 g/mol. The van der Waals surface area contributed by atoms with Gasteiger partial charge in [0.2, 0.25) is 5.91 Å². The number of hydrogen-bond acceptors (Lipinski definition) is 2. The van der Waals surface area contributed by atoms with Gasteiger partial charge in [-0.2, -0.15) is 0 Å². The molecule has 1 aliphatic heterocycles. The number of hydrogen-bond donors (Lipinski definition) is 1. The number of rotatable bonds is 6. The topological polar surface area (TPSA) is 57.6 Å². The predicted molar refractivity (Wildman–Crippen MR) is 65.7 cm³/mol. The normalized spacial score (nSPS) is 17.3. The summed E-state index contributed by atoms with van der Waals surface area (Å²) >= 11 is 0. The third-order valence-electron chi connectivity index (χ3n) is 3.50. The summed E-state index contributed by atoms with van der Waals surface area (Å²) in [4.78, 5) is 24.1. The molecule has 1 heterocycles. The number of carboxylic acids is 1. The number of likely N-dealkylation sites (tertiary alicyclic amines) is 1. The molecule has 1 N–H and O–H groups in total. The lowest BCUT2D eigenvalue weighted by Crippen LogP contribution is -2.37. The van der Waals surface area contributed by atoms with E-state index < -0.39 is 5.97 Å². The predicted octanol–water partition coefficient (Wildman–Crippen LogP) is 2.28. The maximum atomic E-state index is 11.6. The van der Waals surface area contributed by atoms with Crippen LogP contribution in [-0.2, 0) is 9.59 Å². The number of carbonyl (C=O) groups excluding carboxylic acids is 1. The Bertz CT molecular complexity index is 286. The van der Waals surface area contributed by atoms with Crippen LogP contribution in [0.15, 0.2) is 0 Å². The first-order valence-electron chi connectivity index (χ1n) is 6.40. The van der Waals surface area contributed by atoms with E-state index >= 15 is 0 Å². The molecule has 0 aromatic rings. The van der Waals surface area contributed by atoms with Gasteiger partial charge in [-0.15, -0.1) is 0 Å². The third kappa shape index (κ3) is 5.20. The average Bonchev–Trinajstić information content (AvgIpc) is 2.26. The highest BCUT2D eigenvalue weighted by Gasteiger charge is 2.23. The van der Waals surface area contributed by atoms with Gasteiger partial charge in [0.1, 0.15) is 0 Å². The lowest BCUT2D eigenvalue weighted by molar-refractivity contribution is -0.138. The summed E-state index contributed by atoms with van der Waals surface area (Å²) in [5, 5.41) is 8.67. The molecule has 98 valence electrons. The van der Waals surface area contributed by atoms with Crippen molar-refractivity contribution in [2.45, 2.75) is 52.4 Å². The van der Waals surface area contributed by atoms with Crippen molar-refractivity contribution in [2.75, 3.05) is 13.1 Å². The Morgan fingerprint density at radius 2 is 2.06 bits per heavy atom. The Kier molecular flexibility index (Phi) is 4.97. The Labute approximate surface area is 103 Å². The van der Waals surface area contributed by atoms with Crippen LogP contribution in [0.1, 0.15) is 52.4 Å². The maximum Gasteiger partial charge on any atom is 0.303 e. The highest BCUT2D eigenvalue weighted by molar-refractivity contribution is 5.76. The van der Waals surface area contributed by atoms with Gasteiger partial charge in [0.05, 0.1) is 0 Å². The van der Waals surface area contributed by atoms with E-state index in [1.165, 1.54) is 0 Å². The number of piperidine rings is 1. The smallest absolute Gasteiger partial charge is 0.303 e. The lowest BCUT2D eigenvalue weighted by atomic mass is 9.84. The fourth-order valence-corrected chi connectivity index (χ4v) is 2.11. The Morgan fingerprint density at radius 3 is 2.65 bits per heavy atom. The first-order valence-corrected chi connectivity index (χ1v) is 6.40. The van der Waals surface area contributed by atoms with Crippen LogP contribution in [0.3, 0.4) is 0 Å². The molecule has 1 amide bonds. The highest BCUT2D eigenvalue weighted by Crippen LogP contribution is 2.27. The van der Waals surface area contributed by atoms with Crippen molar-refractivity contribution in [3.8, 4) is 0 Å². The van der Waals surface area contributed by atoms with Gasteiger partial charge in [-0.1, -0.05) is 13.8 Å². The third-order valence-corrected chi connectivity index (χ3v) is 3.50. The number of amides is 1. The van der Waals surface area contributed by atoms with Gasteiger partial charge >= 0.3 is 5.97 Å². The molecule has 0 unspecified atom stereocenters. The Morgan fingerprint density at radius 1 is 1.35 bits per heavy atom. The van der Waals surface area contributed by atoms with Crippen molar-refractivity contribution < 1.29 is 14.7 Å². The van der Waals surface area contributed by atoms with Crippen LogP contribution in [0.4, 0.5) is 0 Å². The van der Waals surface area contributed by atoms with Crippen LogP contribution in [0.25, 0.3) is 0 Å². The van der Waals surface area contributed by atoms with Crippen molar-refractivity contribution in [1.82, 2.24) is 4.90 Å². The van der Waals surface area contributed by atoms with E-state index in [9.17, 15) is 9.59 Å². The fourth-order valence-electron chi connectivity index (χ4n) is 2.11. The quantitative estimate of drug-likeness (QED) is 0.776. The van der Waals surface area contributed by atoms with Gasteiger partial charge in [0.15, 0.2) is 0 Å². The molecule has 0 aliphatic carbocycles. The van der Waals surface area contributed by atoms with Crippen molar-refractivity contribution in [3.05, 3.63) is 0 Å². The molecule has 0 saturated carbocycles. The fraction of sp³-hybridized carbons (Fsp3) is 0.846. The first kappa shape index (κ1) is 14.0. The molecular formula is C13H23NO3. The van der Waals surface area contributed by atoms with Crippen LogP contribution in [0.2, 0.25) is 0 Å². The summed E-state index contributed by atoms with van der Waals surface area (Å²) in [7, 11) is 0. The van der Waals surface area contributed by atoms with E-state index in [4.69, 9.17) is 5.11 Å². The highest BCUT2D eigenvalue weighted by atomic mass is 16.4. The van der Waals surface area contributed by atoms with Crippen molar-refractivity contribution in [3.63, 3.8) is 0 Å². The van der Waals surface area contributed by atoms with Crippen LogP contribution >= 0.6 is 0 Å². The van der Waals surface area contributed by atoms with Crippen LogP contribution in [0.5, 0.6) is 0 Å². The zero-order chi connectivity index (χ0) is 12.9. The molecule has 17 heavy (non-hydrogen) atoms. The summed E-state index contributed by atoms with van der Waals surface area (Å²) in [6.07, 6.45) is 4.55. The zero-order valence-electron chi connectivity index (χ0n) is 10.9. The van der Waals surface area contributed by atoms with E-state index in [1.54, 1.807) is 0 Å². The van der Waals surface area contributed by atoms with Gasteiger partial charge in [-0.25, -0.2) is 0 Å². The molecule has 0 aromatic carbocycles. The van der Waals surface area contributed by atoms with Crippen molar-refractivity contribution >= 4 is 11.9 Å². The summed E-state index contributed by atoms with van der Waals surface area (Å²) in [5.74, 6) is -0.489. The zero-order valence-corrected chi connectivity index (χ0v) is 10.9. The molecule has 0 bridgehead atoms. The second-order valence-corrected chi connectivity index (χ2v) is 5.65. The van der Waals surface area contributed by atoms with Crippen LogP contribution < -0.4 is 0 Å². The van der Waals surface area contributed by atoms with E-state index in [-0.39, 0.29) is 17.7 Å². The van der Waals surface area contributed by atoms with E-state index in [0.717, 1.165) is 32.4 Å². The van der Waals surface area contributed by atoms with E-state index in [0.29, 0.717) is 12.8 Å². The minimum Gasteiger partial charge on any atom is -0.481 e. The molecule has 0 spiro atoms. The van der Waals surface area contributed by atoms with Gasteiger partial charge in [0, 0.05) is 25.9 Å². The number of carboxylic acid groups (broad SMARTS) is 1. The summed E-state index contributed by atoms with van der Waals surface area (Å²) in [6, 6.07) is 0. The molecule has 0 atom stereocenters. The second-order valence-electron chi connectivity index (χ2n) is 5.65. The minimum atomic E-state index is -0.743. The Hall–Kier alpha value is -1.06. The summed E-state index contributed by atoms with van der Waals surface area (Å²) in [5.41, 5.74) is -0.00385. The van der Waals surface area contributed by atoms with Gasteiger partial charge in [0.25, 0.3) is 0 Å². The average molecular weight is 241 g/mol. The molecule has 4 heteroatoms. The summed E-state index contributed by atoms with van der Waals surface area (Å²) in [6.45, 7) is 5.79. The molecule has 1 rings (SSSR count). The molecule has 0 radical (unpaired) electrons. The van der Waals surface area contributed by atoms with Crippen LogP contribution in [-0.4, -0.2) is 35.0 Å². The second kappa shape index (κ2) is 6.03. The maximum absolute atomic E-state index is 11.6. The van der Waals surface area contributed by atoms with Crippen molar-refractivity contribution in [2.24, 2.45) is 5.41 Å². The molecule has 4 nitrogen and oxygen atoms in total. The SMILES string of the molecule is CC(C)(CCC(=O)O)CCN1CCCCC1=O. The summed E-state index contributed by atoms with van der Waals surface area (Å²) < 4.78 is 0. The minimum absolute atomic E-state index is 0.00385. The van der Waals surface area contributed by atoms with Gasteiger partial charge in [-0.3, -0.25) is 9.59 Å².